The highest BCUT2D eigenvalue weighted by molar-refractivity contribution is 9.09. The van der Waals surface area contributed by atoms with Gasteiger partial charge in [0.1, 0.15) is 0 Å². The zero-order valence-electron chi connectivity index (χ0n) is 12.8. The highest BCUT2D eigenvalue weighted by Gasteiger charge is 2.26. The quantitative estimate of drug-likeness (QED) is 0.666. The summed E-state index contributed by atoms with van der Waals surface area (Å²) in [5, 5.41) is 1.09. The molecule has 3 heteroatoms. The molecule has 0 aromatic heterocycles. The number of halogens is 1. The molecule has 0 aliphatic heterocycles. The number of alkyl halides is 1. The summed E-state index contributed by atoms with van der Waals surface area (Å²) in [6.45, 7) is 15.1. The van der Waals surface area contributed by atoms with Crippen LogP contribution in [0.2, 0.25) is 0 Å². The number of nitrogens with zero attached hydrogens (tertiary/aromatic N) is 2. The third-order valence-corrected chi connectivity index (χ3v) is 4.31. The lowest BCUT2D eigenvalue weighted by Crippen LogP contribution is -2.45. The van der Waals surface area contributed by atoms with Gasteiger partial charge < -0.3 is 4.90 Å². The molecule has 104 valence electrons. The van der Waals surface area contributed by atoms with Crippen molar-refractivity contribution < 1.29 is 0 Å². The summed E-state index contributed by atoms with van der Waals surface area (Å²) in [5.74, 6) is 0.701. The molecule has 2 unspecified atom stereocenters. The Kier molecular flexibility index (Phi) is 7.93. The second-order valence-corrected chi connectivity index (χ2v) is 7.06. The van der Waals surface area contributed by atoms with Gasteiger partial charge in [-0.05, 0) is 38.9 Å². The van der Waals surface area contributed by atoms with Crippen LogP contribution >= 0.6 is 15.9 Å². The van der Waals surface area contributed by atoms with Gasteiger partial charge in [0.25, 0.3) is 0 Å². The van der Waals surface area contributed by atoms with E-state index >= 15 is 0 Å². The molecule has 0 bridgehead atoms. The second-order valence-electron chi connectivity index (χ2n) is 6.42. The van der Waals surface area contributed by atoms with Gasteiger partial charge in [0.2, 0.25) is 0 Å². The Hall–Kier alpha value is 0.400. The van der Waals surface area contributed by atoms with Crippen molar-refractivity contribution in [1.82, 2.24) is 9.80 Å². The van der Waals surface area contributed by atoms with Crippen LogP contribution in [0.3, 0.4) is 0 Å². The van der Waals surface area contributed by atoms with Crippen molar-refractivity contribution in [2.75, 3.05) is 39.1 Å². The molecule has 0 saturated carbocycles. The fourth-order valence-electron chi connectivity index (χ4n) is 2.10. The van der Waals surface area contributed by atoms with Gasteiger partial charge in [-0.25, -0.2) is 0 Å². The first-order chi connectivity index (χ1) is 7.72. The van der Waals surface area contributed by atoms with Crippen LogP contribution in [0.25, 0.3) is 0 Å². The number of likely N-dealkylation sites (N-methyl/N-ethyl adjacent to an activating group) is 2. The van der Waals surface area contributed by atoms with E-state index in [0.29, 0.717) is 17.4 Å². The van der Waals surface area contributed by atoms with Crippen molar-refractivity contribution in [2.45, 2.75) is 40.7 Å². The minimum Gasteiger partial charge on any atom is -0.308 e. The standard InChI is InChI=1S/C14H31BrN2/c1-8-17(12(2)10-16(6)7)11-13(9-15)14(3,4)5/h12-13H,8-11H2,1-7H3. The van der Waals surface area contributed by atoms with E-state index in [4.69, 9.17) is 0 Å². The van der Waals surface area contributed by atoms with Crippen molar-refractivity contribution in [3.05, 3.63) is 0 Å². The molecule has 0 aromatic carbocycles. The fourth-order valence-corrected chi connectivity index (χ4v) is 3.28. The predicted octanol–water partition coefficient (Wildman–Crippen LogP) is 3.32. The Labute approximate surface area is 117 Å². The van der Waals surface area contributed by atoms with Crippen LogP contribution in [-0.2, 0) is 0 Å². The van der Waals surface area contributed by atoms with Gasteiger partial charge in [-0.2, -0.15) is 0 Å². The first-order valence-electron chi connectivity index (χ1n) is 6.67. The van der Waals surface area contributed by atoms with E-state index in [2.05, 4.69) is 74.4 Å². The largest absolute Gasteiger partial charge is 0.308 e. The highest BCUT2D eigenvalue weighted by Crippen LogP contribution is 2.28. The maximum atomic E-state index is 3.67. The summed E-state index contributed by atoms with van der Waals surface area (Å²) in [7, 11) is 4.30. The summed E-state index contributed by atoms with van der Waals surface area (Å²) in [6, 6.07) is 0.624. The normalized spacial score (nSPS) is 16.6. The lowest BCUT2D eigenvalue weighted by atomic mass is 9.81. The third-order valence-electron chi connectivity index (χ3n) is 3.52. The molecule has 0 aromatic rings. The van der Waals surface area contributed by atoms with E-state index in [1.807, 2.05) is 0 Å². The zero-order valence-corrected chi connectivity index (χ0v) is 14.3. The van der Waals surface area contributed by atoms with E-state index < -0.39 is 0 Å². The summed E-state index contributed by atoms with van der Waals surface area (Å²) >= 11 is 3.67. The minimum atomic E-state index is 0.370. The van der Waals surface area contributed by atoms with Crippen molar-refractivity contribution >= 4 is 15.9 Å². The lowest BCUT2D eigenvalue weighted by molar-refractivity contribution is 0.122. The van der Waals surface area contributed by atoms with E-state index in [1.54, 1.807) is 0 Å². The zero-order chi connectivity index (χ0) is 13.6. The van der Waals surface area contributed by atoms with Gasteiger partial charge in [0, 0.05) is 24.5 Å². The Balaban J connectivity index is 4.46. The number of hydrogen-bond acceptors (Lipinski definition) is 2. The third kappa shape index (κ3) is 6.78. The monoisotopic (exact) mass is 306 g/mol. The Morgan fingerprint density at radius 3 is 1.94 bits per heavy atom. The molecular weight excluding hydrogens is 276 g/mol. The van der Waals surface area contributed by atoms with E-state index in [1.165, 1.54) is 6.54 Å². The second kappa shape index (κ2) is 7.75. The molecule has 0 heterocycles. The fraction of sp³-hybridized carbons (Fsp3) is 1.00. The molecule has 0 aliphatic rings. The minimum absolute atomic E-state index is 0.370. The van der Waals surface area contributed by atoms with E-state index in [-0.39, 0.29) is 0 Å². The average Bonchev–Trinajstić information content (AvgIpc) is 2.15. The van der Waals surface area contributed by atoms with Crippen LogP contribution in [-0.4, -0.2) is 54.9 Å². The average molecular weight is 307 g/mol. The summed E-state index contributed by atoms with van der Waals surface area (Å²) in [6.07, 6.45) is 0. The van der Waals surface area contributed by atoms with Crippen LogP contribution in [0.4, 0.5) is 0 Å². The Morgan fingerprint density at radius 2 is 1.65 bits per heavy atom. The molecule has 0 amide bonds. The van der Waals surface area contributed by atoms with Crippen molar-refractivity contribution in [3.8, 4) is 0 Å². The lowest BCUT2D eigenvalue weighted by Gasteiger charge is -2.37. The summed E-state index contributed by atoms with van der Waals surface area (Å²) < 4.78 is 0. The van der Waals surface area contributed by atoms with Gasteiger partial charge >= 0.3 is 0 Å². The highest BCUT2D eigenvalue weighted by atomic mass is 79.9. The van der Waals surface area contributed by atoms with Gasteiger partial charge in [-0.1, -0.05) is 43.6 Å². The molecule has 2 nitrogen and oxygen atoms in total. The molecule has 0 radical (unpaired) electrons. The van der Waals surface area contributed by atoms with Crippen LogP contribution in [0.5, 0.6) is 0 Å². The number of rotatable bonds is 7. The summed E-state index contributed by atoms with van der Waals surface area (Å²) in [5.41, 5.74) is 0.370. The molecule has 0 N–H and O–H groups in total. The smallest absolute Gasteiger partial charge is 0.0194 e. The van der Waals surface area contributed by atoms with Crippen LogP contribution in [0.1, 0.15) is 34.6 Å². The van der Waals surface area contributed by atoms with Crippen LogP contribution in [0, 0.1) is 11.3 Å². The van der Waals surface area contributed by atoms with Crippen molar-refractivity contribution in [1.29, 1.82) is 0 Å². The van der Waals surface area contributed by atoms with E-state index in [0.717, 1.165) is 18.4 Å². The van der Waals surface area contributed by atoms with Crippen molar-refractivity contribution in [3.63, 3.8) is 0 Å². The van der Waals surface area contributed by atoms with Gasteiger partial charge in [-0.3, -0.25) is 4.90 Å². The maximum absolute atomic E-state index is 3.67. The first-order valence-corrected chi connectivity index (χ1v) is 7.79. The first kappa shape index (κ1) is 17.4. The molecule has 0 rings (SSSR count). The Bertz CT molecular complexity index is 199. The molecule has 0 saturated heterocycles. The van der Waals surface area contributed by atoms with Gasteiger partial charge in [-0.15, -0.1) is 0 Å². The Morgan fingerprint density at radius 1 is 1.12 bits per heavy atom. The molecular formula is C14H31BrN2. The van der Waals surface area contributed by atoms with Crippen LogP contribution in [0.15, 0.2) is 0 Å². The SMILES string of the molecule is CCN(CC(CBr)C(C)(C)C)C(C)CN(C)C. The maximum Gasteiger partial charge on any atom is 0.0194 e. The summed E-state index contributed by atoms with van der Waals surface area (Å²) in [4.78, 5) is 4.87. The molecule has 17 heavy (non-hydrogen) atoms. The molecule has 0 spiro atoms. The van der Waals surface area contributed by atoms with Crippen molar-refractivity contribution in [2.24, 2.45) is 11.3 Å². The molecule has 2 atom stereocenters. The van der Waals surface area contributed by atoms with E-state index in [9.17, 15) is 0 Å². The van der Waals surface area contributed by atoms with Gasteiger partial charge in [0.05, 0.1) is 0 Å². The molecule has 0 aliphatic carbocycles. The molecule has 0 fully saturated rings. The number of hydrogen-bond donors (Lipinski definition) is 0. The van der Waals surface area contributed by atoms with Gasteiger partial charge in [0.15, 0.2) is 0 Å². The topological polar surface area (TPSA) is 6.48 Å². The van der Waals surface area contributed by atoms with Crippen LogP contribution < -0.4 is 0 Å². The predicted molar refractivity (Wildman–Crippen MR) is 82.0 cm³/mol.